The van der Waals surface area contributed by atoms with Gasteiger partial charge in [0.25, 0.3) is 0 Å². The van der Waals surface area contributed by atoms with E-state index >= 15 is 0 Å². The standard InChI is InChI=1S/C16H11F3O/c17-16(18,19)15(20)9-14-12-7-3-1-5-10(12)11-6-2-4-8-13(11)14/h1-8,14H,9H2. The molecule has 0 fully saturated rings. The van der Waals surface area contributed by atoms with E-state index in [2.05, 4.69) is 0 Å². The van der Waals surface area contributed by atoms with E-state index in [0.717, 1.165) is 22.3 Å². The van der Waals surface area contributed by atoms with Crippen molar-refractivity contribution in [1.82, 2.24) is 0 Å². The summed E-state index contributed by atoms with van der Waals surface area (Å²) in [5, 5.41) is 0. The first-order chi connectivity index (χ1) is 9.48. The molecule has 0 saturated heterocycles. The fraction of sp³-hybridized carbons (Fsp3) is 0.188. The molecule has 1 aliphatic rings. The van der Waals surface area contributed by atoms with Gasteiger partial charge in [-0.05, 0) is 22.3 Å². The number of benzene rings is 2. The minimum atomic E-state index is -4.77. The molecule has 1 aliphatic carbocycles. The smallest absolute Gasteiger partial charge is 0.290 e. The molecular formula is C16H11F3O. The third-order valence-electron chi connectivity index (χ3n) is 3.67. The van der Waals surface area contributed by atoms with Crippen LogP contribution in [0.5, 0.6) is 0 Å². The Hall–Kier alpha value is -2.10. The first-order valence-electron chi connectivity index (χ1n) is 6.26. The molecular weight excluding hydrogens is 265 g/mol. The SMILES string of the molecule is O=C(CC1c2ccccc2-c2ccccc21)C(F)(F)F. The lowest BCUT2D eigenvalue weighted by atomic mass is 9.91. The van der Waals surface area contributed by atoms with Crippen molar-refractivity contribution in [3.8, 4) is 11.1 Å². The molecule has 0 aromatic heterocycles. The van der Waals surface area contributed by atoms with Crippen molar-refractivity contribution in [1.29, 1.82) is 0 Å². The van der Waals surface area contributed by atoms with Crippen molar-refractivity contribution in [2.45, 2.75) is 18.5 Å². The first-order valence-corrected chi connectivity index (χ1v) is 6.26. The Bertz CT molecular complexity index is 628. The molecule has 20 heavy (non-hydrogen) atoms. The number of Topliss-reactive ketones (excluding diaryl/α,β-unsaturated/α-hetero) is 1. The summed E-state index contributed by atoms with van der Waals surface area (Å²) in [4.78, 5) is 11.3. The Morgan fingerprint density at radius 1 is 0.900 bits per heavy atom. The molecule has 102 valence electrons. The van der Waals surface area contributed by atoms with Crippen molar-refractivity contribution in [2.75, 3.05) is 0 Å². The van der Waals surface area contributed by atoms with Crippen LogP contribution in [-0.4, -0.2) is 12.0 Å². The van der Waals surface area contributed by atoms with Gasteiger partial charge in [-0.15, -0.1) is 0 Å². The van der Waals surface area contributed by atoms with Crippen LogP contribution in [0.3, 0.4) is 0 Å². The van der Waals surface area contributed by atoms with Crippen LogP contribution in [-0.2, 0) is 4.79 Å². The maximum absolute atomic E-state index is 12.5. The van der Waals surface area contributed by atoms with Crippen LogP contribution in [0.15, 0.2) is 48.5 Å². The summed E-state index contributed by atoms with van der Waals surface area (Å²) >= 11 is 0. The Morgan fingerprint density at radius 3 is 1.80 bits per heavy atom. The van der Waals surface area contributed by atoms with E-state index in [4.69, 9.17) is 0 Å². The Labute approximate surface area is 114 Å². The summed E-state index contributed by atoms with van der Waals surface area (Å²) in [5.41, 5.74) is 3.43. The van der Waals surface area contributed by atoms with Gasteiger partial charge >= 0.3 is 6.18 Å². The second-order valence-electron chi connectivity index (χ2n) is 4.85. The van der Waals surface area contributed by atoms with Gasteiger partial charge in [-0.3, -0.25) is 4.79 Å². The quantitative estimate of drug-likeness (QED) is 0.798. The zero-order chi connectivity index (χ0) is 14.3. The molecule has 2 aromatic carbocycles. The summed E-state index contributed by atoms with van der Waals surface area (Å²) in [6, 6.07) is 14.6. The monoisotopic (exact) mass is 276 g/mol. The number of fused-ring (bicyclic) bond motifs is 3. The van der Waals surface area contributed by atoms with E-state index in [1.165, 1.54) is 0 Å². The number of hydrogen-bond acceptors (Lipinski definition) is 1. The predicted molar refractivity (Wildman–Crippen MR) is 69.4 cm³/mol. The average molecular weight is 276 g/mol. The molecule has 0 aliphatic heterocycles. The van der Waals surface area contributed by atoms with E-state index in [1.54, 1.807) is 24.3 Å². The lowest BCUT2D eigenvalue weighted by Gasteiger charge is -2.13. The second kappa shape index (κ2) is 4.47. The summed E-state index contributed by atoms with van der Waals surface area (Å²) in [7, 11) is 0. The Balaban J connectivity index is 2.06. The van der Waals surface area contributed by atoms with E-state index in [1.807, 2.05) is 24.3 Å². The summed E-state index contributed by atoms with van der Waals surface area (Å²) in [5.74, 6) is -2.18. The molecule has 1 nitrogen and oxygen atoms in total. The minimum Gasteiger partial charge on any atom is -0.290 e. The number of ketones is 1. The van der Waals surface area contributed by atoms with Gasteiger partial charge in [0, 0.05) is 12.3 Å². The molecule has 0 N–H and O–H groups in total. The zero-order valence-corrected chi connectivity index (χ0v) is 10.4. The van der Waals surface area contributed by atoms with Gasteiger partial charge in [-0.2, -0.15) is 13.2 Å². The predicted octanol–water partition coefficient (Wildman–Crippen LogP) is 4.32. The van der Waals surface area contributed by atoms with E-state index < -0.39 is 24.3 Å². The van der Waals surface area contributed by atoms with Crippen LogP contribution in [0.25, 0.3) is 11.1 Å². The number of carbonyl (C=O) groups is 1. The molecule has 0 bridgehead atoms. The van der Waals surface area contributed by atoms with E-state index in [0.29, 0.717) is 0 Å². The first kappa shape index (κ1) is 12.9. The van der Waals surface area contributed by atoms with Crippen molar-refractivity contribution < 1.29 is 18.0 Å². The van der Waals surface area contributed by atoms with Crippen LogP contribution in [0.1, 0.15) is 23.5 Å². The Kier molecular flexibility index (Phi) is 2.89. The van der Waals surface area contributed by atoms with Crippen LogP contribution in [0, 0.1) is 0 Å². The summed E-state index contributed by atoms with van der Waals surface area (Å²) in [6.45, 7) is 0. The number of halogens is 3. The molecule has 0 unspecified atom stereocenters. The molecule has 0 spiro atoms. The molecule has 0 radical (unpaired) electrons. The van der Waals surface area contributed by atoms with Gasteiger partial charge in [0.1, 0.15) is 0 Å². The zero-order valence-electron chi connectivity index (χ0n) is 10.4. The Morgan fingerprint density at radius 2 is 1.35 bits per heavy atom. The fourth-order valence-corrected chi connectivity index (χ4v) is 2.78. The van der Waals surface area contributed by atoms with Gasteiger partial charge in [0.15, 0.2) is 0 Å². The maximum Gasteiger partial charge on any atom is 0.450 e. The van der Waals surface area contributed by atoms with Gasteiger partial charge in [0.2, 0.25) is 5.78 Å². The number of carbonyl (C=O) groups excluding carboxylic acids is 1. The number of rotatable bonds is 2. The van der Waals surface area contributed by atoms with E-state index in [-0.39, 0.29) is 0 Å². The van der Waals surface area contributed by atoms with Gasteiger partial charge in [-0.1, -0.05) is 48.5 Å². The molecule has 3 rings (SSSR count). The van der Waals surface area contributed by atoms with Crippen LogP contribution < -0.4 is 0 Å². The highest BCUT2D eigenvalue weighted by Crippen LogP contribution is 2.46. The maximum atomic E-state index is 12.5. The van der Waals surface area contributed by atoms with Crippen molar-refractivity contribution >= 4 is 5.78 Å². The summed E-state index contributed by atoms with van der Waals surface area (Å²) < 4.78 is 37.5. The van der Waals surface area contributed by atoms with Gasteiger partial charge in [0.05, 0.1) is 0 Å². The second-order valence-corrected chi connectivity index (χ2v) is 4.85. The highest BCUT2D eigenvalue weighted by Gasteiger charge is 2.41. The number of hydrogen-bond donors (Lipinski definition) is 0. The number of alkyl halides is 3. The van der Waals surface area contributed by atoms with Crippen molar-refractivity contribution in [3.05, 3.63) is 59.7 Å². The average Bonchev–Trinajstić information content (AvgIpc) is 2.73. The molecule has 0 heterocycles. The van der Waals surface area contributed by atoms with Gasteiger partial charge in [-0.25, -0.2) is 0 Å². The van der Waals surface area contributed by atoms with Crippen LogP contribution >= 0.6 is 0 Å². The molecule has 0 atom stereocenters. The van der Waals surface area contributed by atoms with Crippen LogP contribution in [0.4, 0.5) is 13.2 Å². The lowest BCUT2D eigenvalue weighted by Crippen LogP contribution is -2.24. The third-order valence-corrected chi connectivity index (χ3v) is 3.67. The highest BCUT2D eigenvalue weighted by atomic mass is 19.4. The lowest BCUT2D eigenvalue weighted by molar-refractivity contribution is -0.171. The molecule has 0 saturated carbocycles. The molecule has 0 amide bonds. The van der Waals surface area contributed by atoms with Crippen molar-refractivity contribution in [3.63, 3.8) is 0 Å². The highest BCUT2D eigenvalue weighted by molar-refractivity contribution is 5.88. The van der Waals surface area contributed by atoms with E-state index in [9.17, 15) is 18.0 Å². The minimum absolute atomic E-state index is 0.503. The summed E-state index contributed by atoms with van der Waals surface area (Å²) in [6.07, 6.45) is -5.30. The third kappa shape index (κ3) is 2.01. The van der Waals surface area contributed by atoms with Gasteiger partial charge < -0.3 is 0 Å². The molecule has 2 aromatic rings. The topological polar surface area (TPSA) is 17.1 Å². The largest absolute Gasteiger partial charge is 0.450 e. The fourth-order valence-electron chi connectivity index (χ4n) is 2.78. The van der Waals surface area contributed by atoms with Crippen LogP contribution in [0.2, 0.25) is 0 Å². The molecule has 4 heteroatoms. The normalized spacial score (nSPS) is 13.9. The van der Waals surface area contributed by atoms with Crippen molar-refractivity contribution in [2.24, 2.45) is 0 Å².